The largest absolute Gasteiger partial charge is 0.253 e. The van der Waals surface area contributed by atoms with E-state index < -0.39 is 0 Å². The topological polar surface area (TPSA) is 3.24 Å². The predicted octanol–water partition coefficient (Wildman–Crippen LogP) is 3.16. The molecule has 0 N–H and O–H groups in total. The van der Waals surface area contributed by atoms with Crippen molar-refractivity contribution in [3.63, 3.8) is 0 Å². The van der Waals surface area contributed by atoms with Crippen LogP contribution in [0.4, 0.5) is 4.39 Å². The van der Waals surface area contributed by atoms with Crippen LogP contribution in [0.1, 0.15) is 0 Å². The molecule has 0 aliphatic heterocycles. The highest BCUT2D eigenvalue weighted by Crippen LogP contribution is 2.25. The summed E-state index contributed by atoms with van der Waals surface area (Å²) in [7, 11) is 3.89. The third kappa shape index (κ3) is 2.77. The van der Waals surface area contributed by atoms with Crippen molar-refractivity contribution in [1.29, 1.82) is 0 Å². The molecular formula is C8H9BrFNS. The van der Waals surface area contributed by atoms with Crippen LogP contribution in [-0.4, -0.2) is 18.4 Å². The zero-order valence-electron chi connectivity index (χ0n) is 6.84. The summed E-state index contributed by atoms with van der Waals surface area (Å²) in [5.41, 5.74) is 0. The predicted molar refractivity (Wildman–Crippen MR) is 53.6 cm³/mol. The van der Waals surface area contributed by atoms with E-state index in [9.17, 15) is 4.39 Å². The van der Waals surface area contributed by atoms with Crippen LogP contribution < -0.4 is 0 Å². The van der Waals surface area contributed by atoms with E-state index in [1.54, 1.807) is 24.1 Å². The lowest BCUT2D eigenvalue weighted by atomic mass is 10.3. The Morgan fingerprint density at radius 2 is 2.08 bits per heavy atom. The van der Waals surface area contributed by atoms with Gasteiger partial charge >= 0.3 is 0 Å². The smallest absolute Gasteiger partial charge is 0.137 e. The summed E-state index contributed by atoms with van der Waals surface area (Å²) in [6.45, 7) is 0. The molecular weight excluding hydrogens is 241 g/mol. The number of halogens is 2. The molecule has 0 aliphatic rings. The van der Waals surface area contributed by atoms with Crippen LogP contribution in [0.2, 0.25) is 0 Å². The lowest BCUT2D eigenvalue weighted by Crippen LogP contribution is -1.98. The normalized spacial score (nSPS) is 10.8. The van der Waals surface area contributed by atoms with Gasteiger partial charge in [0.15, 0.2) is 0 Å². The first-order valence-electron chi connectivity index (χ1n) is 3.40. The second-order valence-electron chi connectivity index (χ2n) is 2.48. The van der Waals surface area contributed by atoms with Crippen LogP contribution in [0, 0.1) is 5.82 Å². The van der Waals surface area contributed by atoms with Gasteiger partial charge in [-0.1, -0.05) is 0 Å². The lowest BCUT2D eigenvalue weighted by Gasteiger charge is -2.08. The maximum absolute atomic E-state index is 12.8. The maximum atomic E-state index is 12.8. The summed E-state index contributed by atoms with van der Waals surface area (Å²) in [4.78, 5) is 1.02. The Labute approximate surface area is 84.2 Å². The summed E-state index contributed by atoms with van der Waals surface area (Å²) in [5.74, 6) is -0.224. The fourth-order valence-corrected chi connectivity index (χ4v) is 2.00. The third-order valence-corrected chi connectivity index (χ3v) is 2.62. The monoisotopic (exact) mass is 249 g/mol. The van der Waals surface area contributed by atoms with Crippen molar-refractivity contribution in [2.24, 2.45) is 0 Å². The van der Waals surface area contributed by atoms with Gasteiger partial charge in [-0.05, 0) is 60.2 Å². The molecule has 0 spiro atoms. The van der Waals surface area contributed by atoms with Crippen molar-refractivity contribution < 1.29 is 4.39 Å². The van der Waals surface area contributed by atoms with Gasteiger partial charge in [-0.3, -0.25) is 4.31 Å². The van der Waals surface area contributed by atoms with Gasteiger partial charge in [-0.25, -0.2) is 4.39 Å². The van der Waals surface area contributed by atoms with E-state index in [-0.39, 0.29) is 5.82 Å². The minimum Gasteiger partial charge on any atom is -0.253 e. The first-order chi connectivity index (χ1) is 5.59. The van der Waals surface area contributed by atoms with Crippen LogP contribution in [0.15, 0.2) is 27.6 Å². The van der Waals surface area contributed by atoms with Crippen molar-refractivity contribution in [2.75, 3.05) is 14.1 Å². The molecule has 0 amide bonds. The average Bonchev–Trinajstić information content (AvgIpc) is 1.96. The van der Waals surface area contributed by atoms with Crippen molar-refractivity contribution in [3.05, 3.63) is 28.5 Å². The molecule has 1 nitrogen and oxygen atoms in total. The Hall–Kier alpha value is -0.0600. The molecule has 0 saturated carbocycles. The van der Waals surface area contributed by atoms with E-state index in [1.807, 2.05) is 18.4 Å². The first kappa shape index (κ1) is 10.0. The Bertz CT molecular complexity index is 278. The first-order valence-corrected chi connectivity index (χ1v) is 4.96. The second kappa shape index (κ2) is 4.25. The summed E-state index contributed by atoms with van der Waals surface area (Å²) >= 11 is 4.69. The Morgan fingerprint density at radius 1 is 1.42 bits per heavy atom. The van der Waals surface area contributed by atoms with Gasteiger partial charge in [0.25, 0.3) is 0 Å². The summed E-state index contributed by atoms with van der Waals surface area (Å²) in [5, 5.41) is 0. The molecule has 66 valence electrons. The van der Waals surface area contributed by atoms with Crippen LogP contribution >= 0.6 is 27.9 Å². The number of benzene rings is 1. The summed E-state index contributed by atoms with van der Waals surface area (Å²) in [6, 6.07) is 4.97. The van der Waals surface area contributed by atoms with E-state index >= 15 is 0 Å². The lowest BCUT2D eigenvalue weighted by molar-refractivity contribution is 0.619. The van der Waals surface area contributed by atoms with Crippen molar-refractivity contribution in [2.45, 2.75) is 4.90 Å². The van der Waals surface area contributed by atoms with Crippen LogP contribution in [-0.2, 0) is 0 Å². The Kier molecular flexibility index (Phi) is 3.55. The number of nitrogens with zero attached hydrogens (tertiary/aromatic N) is 1. The quantitative estimate of drug-likeness (QED) is 0.742. The van der Waals surface area contributed by atoms with Gasteiger partial charge in [0.1, 0.15) is 5.82 Å². The molecule has 1 aromatic carbocycles. The highest BCUT2D eigenvalue weighted by atomic mass is 79.9. The molecule has 1 rings (SSSR count). The molecule has 0 saturated heterocycles. The Balaban J connectivity index is 2.82. The van der Waals surface area contributed by atoms with Gasteiger partial charge in [0.2, 0.25) is 0 Å². The zero-order chi connectivity index (χ0) is 9.14. The highest BCUT2D eigenvalue weighted by Gasteiger charge is 2.01. The summed E-state index contributed by atoms with van der Waals surface area (Å²) < 4.78 is 15.2. The molecule has 1 aromatic rings. The molecule has 0 unspecified atom stereocenters. The standard InChI is InChI=1S/C8H9BrFNS/c1-11(2)12-6-3-4-8(10)7(9)5-6/h3-5H,1-2H3. The van der Waals surface area contributed by atoms with Crippen molar-refractivity contribution >= 4 is 27.9 Å². The van der Waals surface area contributed by atoms with E-state index in [1.165, 1.54) is 6.07 Å². The maximum Gasteiger partial charge on any atom is 0.137 e. The Morgan fingerprint density at radius 3 is 2.58 bits per heavy atom. The minimum absolute atomic E-state index is 0.224. The zero-order valence-corrected chi connectivity index (χ0v) is 9.25. The number of hydrogen-bond acceptors (Lipinski definition) is 2. The summed E-state index contributed by atoms with van der Waals surface area (Å²) in [6.07, 6.45) is 0. The fourth-order valence-electron chi connectivity index (χ4n) is 0.744. The number of hydrogen-bond donors (Lipinski definition) is 0. The van der Waals surface area contributed by atoms with Gasteiger partial charge < -0.3 is 0 Å². The fraction of sp³-hybridized carbons (Fsp3) is 0.250. The molecule has 4 heteroatoms. The van der Waals surface area contributed by atoms with Gasteiger partial charge in [-0.2, -0.15) is 0 Å². The van der Waals surface area contributed by atoms with Gasteiger partial charge in [0, 0.05) is 4.90 Å². The van der Waals surface area contributed by atoms with E-state index in [0.717, 1.165) is 4.90 Å². The molecule has 12 heavy (non-hydrogen) atoms. The SMILES string of the molecule is CN(C)Sc1ccc(F)c(Br)c1. The van der Waals surface area contributed by atoms with Crippen LogP contribution in [0.25, 0.3) is 0 Å². The van der Waals surface area contributed by atoms with E-state index in [0.29, 0.717) is 4.47 Å². The van der Waals surface area contributed by atoms with Crippen LogP contribution in [0.3, 0.4) is 0 Å². The molecule has 0 atom stereocenters. The van der Waals surface area contributed by atoms with Crippen molar-refractivity contribution in [1.82, 2.24) is 4.31 Å². The minimum atomic E-state index is -0.224. The second-order valence-corrected chi connectivity index (χ2v) is 4.72. The average molecular weight is 250 g/mol. The molecule has 0 heterocycles. The number of rotatable bonds is 2. The molecule has 0 fully saturated rings. The van der Waals surface area contributed by atoms with Crippen LogP contribution in [0.5, 0.6) is 0 Å². The van der Waals surface area contributed by atoms with Gasteiger partial charge in [0.05, 0.1) is 4.47 Å². The third-order valence-electron chi connectivity index (χ3n) is 1.18. The van der Waals surface area contributed by atoms with Crippen molar-refractivity contribution in [3.8, 4) is 0 Å². The van der Waals surface area contributed by atoms with E-state index in [4.69, 9.17) is 0 Å². The van der Waals surface area contributed by atoms with Gasteiger partial charge in [-0.15, -0.1) is 0 Å². The molecule has 0 bridgehead atoms. The molecule has 0 radical (unpaired) electrons. The van der Waals surface area contributed by atoms with E-state index in [2.05, 4.69) is 15.9 Å². The molecule has 0 aliphatic carbocycles. The highest BCUT2D eigenvalue weighted by molar-refractivity contribution is 9.10. The molecule has 0 aromatic heterocycles.